The lowest BCUT2D eigenvalue weighted by atomic mass is 9.86. The van der Waals surface area contributed by atoms with Crippen LogP contribution < -0.4 is 18.9 Å². The Morgan fingerprint density at radius 2 is 1.12 bits per heavy atom. The van der Waals surface area contributed by atoms with Crippen LogP contribution in [0.3, 0.4) is 0 Å². The molecule has 2 aromatic rings. The predicted molar refractivity (Wildman–Crippen MR) is 89.7 cm³/mol. The van der Waals surface area contributed by atoms with Gasteiger partial charge >= 0.3 is 5.97 Å². The molecule has 134 valence electrons. The number of carbonyl (C=O) groups is 1. The van der Waals surface area contributed by atoms with Crippen LogP contribution in [0.25, 0.3) is 0 Å². The second kappa shape index (κ2) is 7.31. The van der Waals surface area contributed by atoms with Crippen LogP contribution in [0.2, 0.25) is 0 Å². The van der Waals surface area contributed by atoms with E-state index in [-0.39, 0.29) is 11.1 Å². The van der Waals surface area contributed by atoms with Gasteiger partial charge in [-0.3, -0.25) is 0 Å². The maximum absolute atomic E-state index is 11.9. The van der Waals surface area contributed by atoms with Crippen LogP contribution in [0.4, 0.5) is 0 Å². The molecule has 0 heterocycles. The summed E-state index contributed by atoms with van der Waals surface area (Å²) in [5.74, 6) is 0.0184. The van der Waals surface area contributed by atoms with Gasteiger partial charge in [0.2, 0.25) is 5.60 Å². The summed E-state index contributed by atoms with van der Waals surface area (Å²) >= 11 is 0. The summed E-state index contributed by atoms with van der Waals surface area (Å²) in [6, 6.07) is 8.83. The number of aliphatic carboxylic acids is 1. The minimum atomic E-state index is -2.31. The number of aliphatic hydroxyl groups is 1. The Hall–Kier alpha value is -2.93. The van der Waals surface area contributed by atoms with Gasteiger partial charge in [-0.15, -0.1) is 0 Å². The van der Waals surface area contributed by atoms with Gasteiger partial charge in [0.25, 0.3) is 0 Å². The average molecular weight is 348 g/mol. The van der Waals surface area contributed by atoms with Gasteiger partial charge in [-0.2, -0.15) is 0 Å². The first-order chi connectivity index (χ1) is 11.9. The molecule has 0 aliphatic rings. The minimum Gasteiger partial charge on any atom is -0.493 e. The molecule has 2 rings (SSSR count). The van der Waals surface area contributed by atoms with Crippen molar-refractivity contribution in [2.24, 2.45) is 0 Å². The largest absolute Gasteiger partial charge is 0.493 e. The molecule has 7 nitrogen and oxygen atoms in total. The van der Waals surface area contributed by atoms with Crippen molar-refractivity contribution in [1.29, 1.82) is 0 Å². The van der Waals surface area contributed by atoms with E-state index in [0.29, 0.717) is 23.0 Å². The summed E-state index contributed by atoms with van der Waals surface area (Å²) in [6.45, 7) is 0. The fourth-order valence-electron chi connectivity index (χ4n) is 2.54. The third-order valence-electron chi connectivity index (χ3n) is 3.91. The topological polar surface area (TPSA) is 94.5 Å². The third kappa shape index (κ3) is 3.18. The third-order valence-corrected chi connectivity index (χ3v) is 3.91. The standard InChI is InChI=1S/C18H20O7/c1-22-13-7-5-11(9-15(13)24-3)18(21,17(19)20)12-6-8-14(23-2)16(10-12)25-4/h5-10,21H,1-4H3,(H,19,20). The molecule has 0 aromatic heterocycles. The minimum absolute atomic E-state index is 0.116. The van der Waals surface area contributed by atoms with Crippen LogP contribution in [0.1, 0.15) is 11.1 Å². The Labute approximate surface area is 145 Å². The second-order valence-corrected chi connectivity index (χ2v) is 5.16. The van der Waals surface area contributed by atoms with E-state index in [2.05, 4.69) is 0 Å². The number of carboxylic acid groups (broad SMARTS) is 1. The highest BCUT2D eigenvalue weighted by molar-refractivity contribution is 5.84. The summed E-state index contributed by atoms with van der Waals surface area (Å²) in [4.78, 5) is 11.9. The number of benzene rings is 2. The van der Waals surface area contributed by atoms with Crippen molar-refractivity contribution >= 4 is 5.97 Å². The number of hydrogen-bond donors (Lipinski definition) is 2. The number of rotatable bonds is 7. The van der Waals surface area contributed by atoms with Gasteiger partial charge in [0.1, 0.15) is 0 Å². The Morgan fingerprint density at radius 1 is 0.760 bits per heavy atom. The molecular weight excluding hydrogens is 328 g/mol. The van der Waals surface area contributed by atoms with Gasteiger partial charge in [0, 0.05) is 11.1 Å². The lowest BCUT2D eigenvalue weighted by Crippen LogP contribution is -2.36. The van der Waals surface area contributed by atoms with Crippen LogP contribution in [-0.2, 0) is 10.4 Å². The van der Waals surface area contributed by atoms with Gasteiger partial charge in [0.05, 0.1) is 28.4 Å². The first kappa shape index (κ1) is 18.4. The fraction of sp³-hybridized carbons (Fsp3) is 0.278. The molecule has 0 aliphatic carbocycles. The number of methoxy groups -OCH3 is 4. The van der Waals surface area contributed by atoms with E-state index in [1.165, 1.54) is 64.8 Å². The molecule has 0 saturated heterocycles. The van der Waals surface area contributed by atoms with Crippen molar-refractivity contribution in [1.82, 2.24) is 0 Å². The molecule has 0 fully saturated rings. The van der Waals surface area contributed by atoms with Crippen LogP contribution in [0.5, 0.6) is 23.0 Å². The molecule has 0 aliphatic heterocycles. The monoisotopic (exact) mass is 348 g/mol. The maximum atomic E-state index is 11.9. The zero-order valence-electron chi connectivity index (χ0n) is 14.4. The molecular formula is C18H20O7. The highest BCUT2D eigenvalue weighted by Gasteiger charge is 2.41. The van der Waals surface area contributed by atoms with Crippen LogP contribution in [-0.4, -0.2) is 44.6 Å². The van der Waals surface area contributed by atoms with Crippen molar-refractivity contribution < 1.29 is 34.0 Å². The molecule has 2 N–H and O–H groups in total. The van der Waals surface area contributed by atoms with Crippen LogP contribution >= 0.6 is 0 Å². The highest BCUT2D eigenvalue weighted by atomic mass is 16.5. The highest BCUT2D eigenvalue weighted by Crippen LogP contribution is 2.39. The van der Waals surface area contributed by atoms with Crippen molar-refractivity contribution in [2.45, 2.75) is 5.60 Å². The molecule has 0 radical (unpaired) electrons. The zero-order valence-corrected chi connectivity index (χ0v) is 14.4. The fourth-order valence-corrected chi connectivity index (χ4v) is 2.54. The summed E-state index contributed by atoms with van der Waals surface area (Å²) in [6.07, 6.45) is 0. The molecule has 2 aromatic carbocycles. The zero-order chi connectivity index (χ0) is 18.6. The van der Waals surface area contributed by atoms with Crippen molar-refractivity contribution in [2.75, 3.05) is 28.4 Å². The van der Waals surface area contributed by atoms with Crippen LogP contribution in [0.15, 0.2) is 36.4 Å². The van der Waals surface area contributed by atoms with Crippen molar-refractivity contribution in [3.63, 3.8) is 0 Å². The molecule has 0 saturated carbocycles. The molecule has 0 spiro atoms. The van der Waals surface area contributed by atoms with Crippen molar-refractivity contribution in [3.8, 4) is 23.0 Å². The van der Waals surface area contributed by atoms with E-state index in [9.17, 15) is 15.0 Å². The number of carboxylic acids is 1. The van der Waals surface area contributed by atoms with E-state index in [4.69, 9.17) is 18.9 Å². The van der Waals surface area contributed by atoms with E-state index in [1.807, 2.05) is 0 Å². The van der Waals surface area contributed by atoms with Crippen LogP contribution in [0, 0.1) is 0 Å². The molecule has 0 amide bonds. The number of hydrogen-bond acceptors (Lipinski definition) is 6. The first-order valence-electron chi connectivity index (χ1n) is 7.33. The molecule has 0 unspecified atom stereocenters. The SMILES string of the molecule is COc1ccc(C(O)(C(=O)O)c2ccc(OC)c(OC)c2)cc1OC. The van der Waals surface area contributed by atoms with Gasteiger partial charge in [-0.1, -0.05) is 12.1 Å². The average Bonchev–Trinajstić information content (AvgIpc) is 2.65. The van der Waals surface area contributed by atoms with E-state index < -0.39 is 11.6 Å². The Morgan fingerprint density at radius 3 is 1.40 bits per heavy atom. The van der Waals surface area contributed by atoms with E-state index in [1.54, 1.807) is 0 Å². The Kier molecular flexibility index (Phi) is 5.38. The maximum Gasteiger partial charge on any atom is 0.345 e. The molecule has 0 bridgehead atoms. The Bertz CT molecular complexity index is 715. The lowest BCUT2D eigenvalue weighted by Gasteiger charge is -2.26. The predicted octanol–water partition coefficient (Wildman–Crippen LogP) is 2.04. The normalized spacial score (nSPS) is 10.9. The molecule has 25 heavy (non-hydrogen) atoms. The summed E-state index contributed by atoms with van der Waals surface area (Å²) in [7, 11) is 5.79. The van der Waals surface area contributed by atoms with E-state index in [0.717, 1.165) is 0 Å². The lowest BCUT2D eigenvalue weighted by molar-refractivity contribution is -0.155. The van der Waals surface area contributed by atoms with Gasteiger partial charge in [-0.05, 0) is 24.3 Å². The van der Waals surface area contributed by atoms with Crippen molar-refractivity contribution in [3.05, 3.63) is 47.5 Å². The molecule has 7 heteroatoms. The quantitative estimate of drug-likeness (QED) is 0.791. The summed E-state index contributed by atoms with van der Waals surface area (Å²) < 4.78 is 20.7. The molecule has 0 atom stereocenters. The van der Waals surface area contributed by atoms with Gasteiger partial charge < -0.3 is 29.2 Å². The Balaban J connectivity index is 2.65. The smallest absolute Gasteiger partial charge is 0.345 e. The summed E-state index contributed by atoms with van der Waals surface area (Å²) in [5.41, 5.74) is -2.08. The second-order valence-electron chi connectivity index (χ2n) is 5.16. The first-order valence-corrected chi connectivity index (χ1v) is 7.33. The van der Waals surface area contributed by atoms with Gasteiger partial charge in [0.15, 0.2) is 23.0 Å². The summed E-state index contributed by atoms with van der Waals surface area (Å²) in [5, 5.41) is 20.7. The number of ether oxygens (including phenoxy) is 4. The van der Waals surface area contributed by atoms with Gasteiger partial charge in [-0.25, -0.2) is 4.79 Å². The van der Waals surface area contributed by atoms with E-state index >= 15 is 0 Å².